The van der Waals surface area contributed by atoms with Crippen LogP contribution < -0.4 is 15.1 Å². The largest absolute Gasteiger partial charge is 0.368 e. The molecule has 2 saturated heterocycles. The second kappa shape index (κ2) is 11.4. The van der Waals surface area contributed by atoms with Gasteiger partial charge in [-0.1, -0.05) is 25.5 Å². The molecule has 0 radical (unpaired) electrons. The molecule has 194 valence electrons. The van der Waals surface area contributed by atoms with Crippen LogP contribution in [0.25, 0.3) is 0 Å². The smallest absolute Gasteiger partial charge is 0.327 e. The highest BCUT2D eigenvalue weighted by Gasteiger charge is 2.39. The van der Waals surface area contributed by atoms with E-state index in [1.165, 1.54) is 24.6 Å². The molecule has 0 saturated carbocycles. The number of piperazine rings is 1. The van der Waals surface area contributed by atoms with E-state index in [1.54, 1.807) is 24.1 Å². The lowest BCUT2D eigenvalue weighted by Crippen LogP contribution is -2.52. The summed E-state index contributed by atoms with van der Waals surface area (Å²) < 4.78 is 15.2. The lowest BCUT2D eigenvalue weighted by Gasteiger charge is -2.40. The zero-order valence-electron chi connectivity index (χ0n) is 22.2. The number of carbonyl (C=O) groups is 1. The number of pyridine rings is 1. The number of amides is 2. The van der Waals surface area contributed by atoms with Crippen LogP contribution in [-0.2, 0) is 6.42 Å². The van der Waals surface area contributed by atoms with Gasteiger partial charge < -0.3 is 10.2 Å². The fourth-order valence-corrected chi connectivity index (χ4v) is 5.46. The zero-order chi connectivity index (χ0) is 25.8. The number of aliphatic imine (C=N–C) groups is 1. The van der Waals surface area contributed by atoms with Crippen molar-refractivity contribution in [3.8, 4) is 0 Å². The molecule has 2 atom stereocenters. The van der Waals surface area contributed by atoms with E-state index in [2.05, 4.69) is 38.2 Å². The maximum Gasteiger partial charge on any atom is 0.327 e. The van der Waals surface area contributed by atoms with Gasteiger partial charge in [-0.05, 0) is 65.6 Å². The molecule has 36 heavy (non-hydrogen) atoms. The number of aromatic nitrogens is 1. The van der Waals surface area contributed by atoms with Gasteiger partial charge in [0.25, 0.3) is 0 Å². The first-order valence-corrected chi connectivity index (χ1v) is 13.1. The number of carbonyl (C=O) groups excluding carboxylic acids is 1. The molecule has 2 bridgehead atoms. The summed E-state index contributed by atoms with van der Waals surface area (Å²) in [5, 5.41) is 2.77. The van der Waals surface area contributed by atoms with E-state index in [1.807, 2.05) is 26.8 Å². The zero-order valence-corrected chi connectivity index (χ0v) is 22.2. The van der Waals surface area contributed by atoms with Crippen LogP contribution in [0.1, 0.15) is 58.9 Å². The molecule has 4 heterocycles. The molecule has 8 heteroatoms. The number of rotatable bonds is 7. The number of nitrogens with zero attached hydrogens (tertiary/aromatic N) is 5. The third-order valence-corrected chi connectivity index (χ3v) is 7.61. The Labute approximate surface area is 214 Å². The van der Waals surface area contributed by atoms with Crippen molar-refractivity contribution in [1.29, 1.82) is 0 Å². The van der Waals surface area contributed by atoms with Gasteiger partial charge in [-0.25, -0.2) is 14.2 Å². The Bertz CT molecular complexity index is 1090. The second-order valence-electron chi connectivity index (χ2n) is 9.90. The van der Waals surface area contributed by atoms with E-state index in [0.29, 0.717) is 36.6 Å². The lowest BCUT2D eigenvalue weighted by molar-refractivity contribution is 0.212. The van der Waals surface area contributed by atoms with Crippen LogP contribution in [0.4, 0.5) is 20.7 Å². The van der Waals surface area contributed by atoms with Crippen molar-refractivity contribution in [3.63, 3.8) is 0 Å². The maximum absolute atomic E-state index is 15.2. The summed E-state index contributed by atoms with van der Waals surface area (Å²) in [7, 11) is 2.23. The van der Waals surface area contributed by atoms with Gasteiger partial charge in [0.05, 0.1) is 5.70 Å². The first-order valence-electron chi connectivity index (χ1n) is 13.1. The van der Waals surface area contributed by atoms with Gasteiger partial charge >= 0.3 is 6.03 Å². The molecule has 3 aliphatic rings. The molecule has 1 aromatic heterocycles. The fourth-order valence-electron chi connectivity index (χ4n) is 5.46. The van der Waals surface area contributed by atoms with Gasteiger partial charge in [0.15, 0.2) is 0 Å². The van der Waals surface area contributed by atoms with Crippen molar-refractivity contribution in [2.75, 3.05) is 36.5 Å². The number of hydrogen-bond donors (Lipinski definition) is 1. The lowest BCUT2D eigenvalue weighted by atomic mass is 10.1. The quantitative estimate of drug-likeness (QED) is 0.410. The first kappa shape index (κ1) is 26.1. The number of likely N-dealkylation sites (N-methyl/N-ethyl adjacent to an activating group) is 1. The van der Waals surface area contributed by atoms with E-state index >= 15 is 4.39 Å². The fraction of sp³-hybridized carbons (Fsp3) is 0.536. The molecule has 2 unspecified atom stereocenters. The minimum atomic E-state index is -0.504. The van der Waals surface area contributed by atoms with Crippen molar-refractivity contribution in [2.45, 2.75) is 71.9 Å². The average Bonchev–Trinajstić information content (AvgIpc) is 3.37. The van der Waals surface area contributed by atoms with Gasteiger partial charge in [-0.3, -0.25) is 14.8 Å². The van der Waals surface area contributed by atoms with Crippen molar-refractivity contribution < 1.29 is 9.18 Å². The normalized spacial score (nSPS) is 23.4. The molecule has 1 aromatic rings. The Morgan fingerprint density at radius 3 is 2.61 bits per heavy atom. The van der Waals surface area contributed by atoms with E-state index in [-0.39, 0.29) is 11.7 Å². The molecular formula is C28H39FN6O. The summed E-state index contributed by atoms with van der Waals surface area (Å²) in [6.07, 6.45) is 11.4. The summed E-state index contributed by atoms with van der Waals surface area (Å²) in [5.74, 6) is 0.170. The Balaban J connectivity index is 1.50. The summed E-state index contributed by atoms with van der Waals surface area (Å²) in [4.78, 5) is 28.9. The summed E-state index contributed by atoms with van der Waals surface area (Å²) in [5.41, 5.74) is 3.91. The Hall–Kier alpha value is -3.00. The number of hydrogen-bond acceptors (Lipinski definition) is 5. The molecule has 2 fully saturated rings. The van der Waals surface area contributed by atoms with Crippen molar-refractivity contribution in [3.05, 3.63) is 53.3 Å². The number of anilines is 2. The third kappa shape index (κ3) is 5.38. The van der Waals surface area contributed by atoms with Gasteiger partial charge in [-0.15, -0.1) is 0 Å². The molecule has 0 spiro atoms. The molecule has 0 aromatic carbocycles. The van der Waals surface area contributed by atoms with Gasteiger partial charge in [-0.2, -0.15) is 0 Å². The van der Waals surface area contributed by atoms with Crippen LogP contribution >= 0.6 is 0 Å². The molecular weight excluding hydrogens is 455 g/mol. The standard InChI is InChI=1S/C28H39FN6O/c1-6-9-20(31-19(4)7-2)16-24(29)25(8-3)32-28(36)35-15-13-23-26(12-14-30-27(23)35)34-17-21-10-11-22(18-34)33(21)5/h7-8,12,14,16,21-22H,6,9-11,13,15,17-18H2,1-5H3,(H,32,36)/b19-7-,24-16+,25-8+,31-20-. The summed E-state index contributed by atoms with van der Waals surface area (Å²) >= 11 is 0. The van der Waals surface area contributed by atoms with Gasteiger partial charge in [0.2, 0.25) is 0 Å². The predicted octanol–water partition coefficient (Wildman–Crippen LogP) is 5.36. The van der Waals surface area contributed by atoms with E-state index in [0.717, 1.165) is 37.2 Å². The number of allylic oxidation sites excluding steroid dienone is 5. The number of fused-ring (bicyclic) bond motifs is 3. The Morgan fingerprint density at radius 1 is 1.25 bits per heavy atom. The highest BCUT2D eigenvalue weighted by molar-refractivity contribution is 5.98. The SMILES string of the molecule is C\C=C(C)/N=C(\C=C(F)/C(=C\C)NC(=O)N1CCc2c(N3CC4CCC(C3)N4C)ccnc21)CCC. The summed E-state index contributed by atoms with van der Waals surface area (Å²) in [6, 6.07) is 2.87. The number of urea groups is 1. The van der Waals surface area contributed by atoms with Crippen LogP contribution in [0.2, 0.25) is 0 Å². The molecule has 4 rings (SSSR count). The van der Waals surface area contributed by atoms with E-state index < -0.39 is 5.83 Å². The van der Waals surface area contributed by atoms with Crippen LogP contribution in [0.15, 0.2) is 52.7 Å². The number of nitrogens with one attached hydrogen (secondary N) is 1. The van der Waals surface area contributed by atoms with Crippen molar-refractivity contribution in [2.24, 2.45) is 4.99 Å². The Kier molecular flexibility index (Phi) is 8.24. The predicted molar refractivity (Wildman–Crippen MR) is 145 cm³/mol. The molecule has 1 N–H and O–H groups in total. The topological polar surface area (TPSA) is 64.1 Å². The van der Waals surface area contributed by atoms with Crippen LogP contribution in [0.3, 0.4) is 0 Å². The molecule has 0 aliphatic carbocycles. The van der Waals surface area contributed by atoms with E-state index in [4.69, 9.17) is 0 Å². The van der Waals surface area contributed by atoms with Gasteiger partial charge in [0.1, 0.15) is 11.6 Å². The number of halogens is 1. The highest BCUT2D eigenvalue weighted by atomic mass is 19.1. The van der Waals surface area contributed by atoms with Crippen LogP contribution in [0.5, 0.6) is 0 Å². The minimum Gasteiger partial charge on any atom is -0.368 e. The van der Waals surface area contributed by atoms with Gasteiger partial charge in [0, 0.05) is 60.6 Å². The average molecular weight is 495 g/mol. The third-order valence-electron chi connectivity index (χ3n) is 7.61. The van der Waals surface area contributed by atoms with Crippen molar-refractivity contribution in [1.82, 2.24) is 15.2 Å². The van der Waals surface area contributed by atoms with E-state index in [9.17, 15) is 4.79 Å². The molecule has 2 amide bonds. The van der Waals surface area contributed by atoms with Crippen molar-refractivity contribution >= 4 is 23.2 Å². The summed E-state index contributed by atoms with van der Waals surface area (Å²) in [6.45, 7) is 10.1. The molecule has 3 aliphatic heterocycles. The van der Waals surface area contributed by atoms with Crippen LogP contribution in [-0.4, -0.2) is 60.4 Å². The Morgan fingerprint density at radius 2 is 1.97 bits per heavy atom. The molecule has 7 nitrogen and oxygen atoms in total. The second-order valence-corrected chi connectivity index (χ2v) is 9.90. The minimum absolute atomic E-state index is 0.141. The maximum atomic E-state index is 15.2. The first-order chi connectivity index (χ1) is 17.4. The highest BCUT2D eigenvalue weighted by Crippen LogP contribution is 2.37. The monoisotopic (exact) mass is 494 g/mol. The van der Waals surface area contributed by atoms with Crippen LogP contribution in [0, 0.1) is 0 Å².